The number of likely N-dealkylation sites (tertiary alicyclic amines) is 1. The van der Waals surface area contributed by atoms with Crippen LogP contribution in [0, 0.1) is 12.8 Å². The molecule has 0 unspecified atom stereocenters. The van der Waals surface area contributed by atoms with E-state index >= 15 is 0 Å². The summed E-state index contributed by atoms with van der Waals surface area (Å²) < 4.78 is 1.52. The normalized spacial score (nSPS) is 20.4. The molecule has 0 bridgehead atoms. The summed E-state index contributed by atoms with van der Waals surface area (Å²) in [7, 11) is 1.86. The molecule has 1 aliphatic rings. The number of carbonyl (C=O) groups excluding carboxylic acids is 1. The predicted molar refractivity (Wildman–Crippen MR) is 91.9 cm³/mol. The highest BCUT2D eigenvalue weighted by Gasteiger charge is 2.38. The molecule has 8 nitrogen and oxygen atoms in total. The molecule has 25 heavy (non-hydrogen) atoms. The molecule has 1 fully saturated rings. The van der Waals surface area contributed by atoms with Crippen molar-refractivity contribution in [1.29, 1.82) is 0 Å². The van der Waals surface area contributed by atoms with Gasteiger partial charge in [0.05, 0.1) is 6.04 Å². The minimum absolute atomic E-state index is 0.0420. The molecule has 0 aromatic carbocycles. The molecule has 3 aromatic rings. The van der Waals surface area contributed by atoms with Gasteiger partial charge in [0.15, 0.2) is 5.65 Å². The molecule has 128 valence electrons. The van der Waals surface area contributed by atoms with Gasteiger partial charge in [0.1, 0.15) is 11.6 Å². The van der Waals surface area contributed by atoms with Gasteiger partial charge in [-0.3, -0.25) is 9.78 Å². The summed E-state index contributed by atoms with van der Waals surface area (Å²) in [4.78, 5) is 22.4. The van der Waals surface area contributed by atoms with E-state index in [1.54, 1.807) is 12.4 Å². The summed E-state index contributed by atoms with van der Waals surface area (Å²) >= 11 is 0. The van der Waals surface area contributed by atoms with Gasteiger partial charge in [-0.25, -0.2) is 4.98 Å². The maximum atomic E-state index is 12.2. The number of amides is 1. The fourth-order valence-electron chi connectivity index (χ4n) is 3.41. The third-order valence-electron chi connectivity index (χ3n) is 4.60. The summed E-state index contributed by atoms with van der Waals surface area (Å²) in [6, 6.07) is 7.73. The van der Waals surface area contributed by atoms with Gasteiger partial charge in [-0.15, -0.1) is 14.8 Å². The van der Waals surface area contributed by atoms with E-state index in [2.05, 4.69) is 25.5 Å². The molecule has 1 amide bonds. The first kappa shape index (κ1) is 15.5. The van der Waals surface area contributed by atoms with Gasteiger partial charge in [0, 0.05) is 38.3 Å². The Bertz CT molecular complexity index is 908. The molecule has 0 saturated carbocycles. The fourth-order valence-corrected chi connectivity index (χ4v) is 3.41. The van der Waals surface area contributed by atoms with Crippen molar-refractivity contribution < 1.29 is 4.79 Å². The highest BCUT2D eigenvalue weighted by molar-refractivity contribution is 5.79. The summed E-state index contributed by atoms with van der Waals surface area (Å²) in [5.41, 5.74) is 1.82. The molecule has 4 rings (SSSR count). The number of hydrogen-bond donors (Lipinski definition) is 1. The molecular weight excluding hydrogens is 318 g/mol. The van der Waals surface area contributed by atoms with Crippen LogP contribution in [0.2, 0.25) is 0 Å². The zero-order chi connectivity index (χ0) is 17.4. The van der Waals surface area contributed by atoms with Crippen LogP contribution >= 0.6 is 0 Å². The maximum Gasteiger partial charge on any atom is 0.223 e. The maximum absolute atomic E-state index is 12.2. The number of nitrogens with one attached hydrogen (secondary N) is 1. The van der Waals surface area contributed by atoms with Crippen molar-refractivity contribution in [2.45, 2.75) is 19.4 Å². The highest BCUT2D eigenvalue weighted by atomic mass is 16.2. The van der Waals surface area contributed by atoms with E-state index in [1.807, 2.05) is 43.1 Å². The van der Waals surface area contributed by atoms with Gasteiger partial charge in [-0.05, 0) is 36.8 Å². The van der Waals surface area contributed by atoms with E-state index < -0.39 is 0 Å². The Morgan fingerprint density at radius 2 is 2.00 bits per heavy atom. The van der Waals surface area contributed by atoms with E-state index in [-0.39, 0.29) is 17.9 Å². The van der Waals surface area contributed by atoms with E-state index in [1.165, 1.54) is 4.63 Å². The molecular formula is C17H19N7O. The van der Waals surface area contributed by atoms with Crippen molar-refractivity contribution in [1.82, 2.24) is 29.7 Å². The Kier molecular flexibility index (Phi) is 3.79. The Morgan fingerprint density at radius 1 is 1.20 bits per heavy atom. The third kappa shape index (κ3) is 2.90. The van der Waals surface area contributed by atoms with Gasteiger partial charge in [-0.2, -0.15) is 0 Å². The zero-order valence-electron chi connectivity index (χ0n) is 14.1. The number of hydrogen-bond acceptors (Lipinski definition) is 6. The summed E-state index contributed by atoms with van der Waals surface area (Å²) in [6.07, 6.45) is 4.04. The second kappa shape index (κ2) is 6.12. The number of rotatable bonds is 4. The monoisotopic (exact) mass is 337 g/mol. The number of aryl methyl sites for hydroxylation is 1. The molecule has 3 aromatic heterocycles. The summed E-state index contributed by atoms with van der Waals surface area (Å²) in [5, 5.41) is 12.0. The van der Waals surface area contributed by atoms with Crippen LogP contribution in [-0.2, 0) is 4.79 Å². The quantitative estimate of drug-likeness (QED) is 0.775. The smallest absolute Gasteiger partial charge is 0.223 e. The Balaban J connectivity index is 1.52. The largest absolute Gasteiger partial charge is 0.368 e. The lowest BCUT2D eigenvalue weighted by atomic mass is 9.94. The van der Waals surface area contributed by atoms with Crippen molar-refractivity contribution in [2.75, 3.05) is 18.9 Å². The zero-order valence-corrected chi connectivity index (χ0v) is 14.1. The number of carbonyl (C=O) groups is 1. The molecule has 0 spiro atoms. The summed E-state index contributed by atoms with van der Waals surface area (Å²) in [5.74, 6) is 1.72. The van der Waals surface area contributed by atoms with Crippen LogP contribution in [0.4, 0.5) is 5.82 Å². The van der Waals surface area contributed by atoms with Crippen LogP contribution < -0.4 is 5.32 Å². The fraction of sp³-hybridized carbons (Fsp3) is 0.353. The van der Waals surface area contributed by atoms with Crippen molar-refractivity contribution >= 4 is 17.4 Å². The summed E-state index contributed by atoms with van der Waals surface area (Å²) in [6.45, 7) is 2.48. The van der Waals surface area contributed by atoms with E-state index in [9.17, 15) is 4.79 Å². The standard InChI is InChI=1S/C17H19N7O/c1-11-20-15-4-3-14(22-24(15)21-11)19-10-13-9-16(25)23(2)17(13)12-5-7-18-8-6-12/h3-8,13,17H,9-10H2,1-2H3,(H,19,22)/t13-,17-/m0/s1. The molecule has 1 saturated heterocycles. The van der Waals surface area contributed by atoms with Crippen LogP contribution in [0.3, 0.4) is 0 Å². The first-order valence-corrected chi connectivity index (χ1v) is 8.22. The number of anilines is 1. The lowest BCUT2D eigenvalue weighted by molar-refractivity contribution is -0.127. The lowest BCUT2D eigenvalue weighted by Gasteiger charge is -2.25. The van der Waals surface area contributed by atoms with Gasteiger partial charge < -0.3 is 10.2 Å². The highest BCUT2D eigenvalue weighted by Crippen LogP contribution is 2.36. The van der Waals surface area contributed by atoms with Crippen LogP contribution in [0.25, 0.3) is 5.65 Å². The second-order valence-corrected chi connectivity index (χ2v) is 6.30. The van der Waals surface area contributed by atoms with Crippen molar-refractivity contribution in [3.05, 3.63) is 48.0 Å². The molecule has 0 aliphatic carbocycles. The van der Waals surface area contributed by atoms with Crippen molar-refractivity contribution in [3.63, 3.8) is 0 Å². The Hall–Kier alpha value is -3.03. The molecule has 8 heteroatoms. The topological polar surface area (TPSA) is 88.3 Å². The van der Waals surface area contributed by atoms with Crippen LogP contribution in [-0.4, -0.2) is 49.2 Å². The van der Waals surface area contributed by atoms with E-state index in [4.69, 9.17) is 0 Å². The second-order valence-electron chi connectivity index (χ2n) is 6.30. The van der Waals surface area contributed by atoms with Crippen molar-refractivity contribution in [2.24, 2.45) is 5.92 Å². The first-order chi connectivity index (χ1) is 12.1. The van der Waals surface area contributed by atoms with Crippen LogP contribution in [0.5, 0.6) is 0 Å². The molecule has 2 atom stereocenters. The minimum Gasteiger partial charge on any atom is -0.368 e. The third-order valence-corrected chi connectivity index (χ3v) is 4.60. The van der Waals surface area contributed by atoms with E-state index in [0.29, 0.717) is 30.3 Å². The number of aromatic nitrogens is 5. The minimum atomic E-state index is 0.0420. The average molecular weight is 337 g/mol. The number of nitrogens with zero attached hydrogens (tertiary/aromatic N) is 6. The number of fused-ring (bicyclic) bond motifs is 1. The van der Waals surface area contributed by atoms with Gasteiger partial charge in [-0.1, -0.05) is 0 Å². The molecule has 1 N–H and O–H groups in total. The number of pyridine rings is 1. The van der Waals surface area contributed by atoms with E-state index in [0.717, 1.165) is 5.56 Å². The molecule has 1 aliphatic heterocycles. The molecule has 4 heterocycles. The van der Waals surface area contributed by atoms with Crippen LogP contribution in [0.1, 0.15) is 23.9 Å². The Morgan fingerprint density at radius 3 is 2.80 bits per heavy atom. The predicted octanol–water partition coefficient (Wildman–Crippen LogP) is 1.46. The van der Waals surface area contributed by atoms with Gasteiger partial charge in [0.2, 0.25) is 5.91 Å². The lowest BCUT2D eigenvalue weighted by Crippen LogP contribution is -2.26. The van der Waals surface area contributed by atoms with Crippen LogP contribution in [0.15, 0.2) is 36.7 Å². The first-order valence-electron chi connectivity index (χ1n) is 8.22. The average Bonchev–Trinajstić information content (AvgIpc) is 3.12. The SMILES string of the molecule is Cc1nc2ccc(NC[C@@H]3CC(=O)N(C)[C@H]3c3ccncc3)nn2n1. The van der Waals surface area contributed by atoms with Gasteiger partial charge in [0.25, 0.3) is 0 Å². The molecule has 0 radical (unpaired) electrons. The Labute approximate surface area is 144 Å². The van der Waals surface area contributed by atoms with Gasteiger partial charge >= 0.3 is 0 Å². The van der Waals surface area contributed by atoms with Crippen molar-refractivity contribution in [3.8, 4) is 0 Å².